The summed E-state index contributed by atoms with van der Waals surface area (Å²) >= 11 is 0. The van der Waals surface area contributed by atoms with Gasteiger partial charge in [0.05, 0.1) is 18.5 Å². The zero-order valence-corrected chi connectivity index (χ0v) is 23.8. The molecule has 0 aliphatic carbocycles. The molecular formula is C30H47N3O2. The number of aryl methyl sites for hydroxylation is 1. The van der Waals surface area contributed by atoms with Gasteiger partial charge >= 0.3 is 0 Å². The van der Waals surface area contributed by atoms with E-state index in [1.54, 1.807) is 37.4 Å². The average Bonchev–Trinajstić information content (AvgIpc) is 2.91. The quantitative estimate of drug-likeness (QED) is 0.253. The Morgan fingerprint density at radius 3 is 1.91 bits per heavy atom. The SMILES string of the molecule is C=Nc1cc(OC)c(N=Nc2ccc(O)cc2)cc1C.CC.CC.CC.C\C=C/C=C(C)\C=C/C. The summed E-state index contributed by atoms with van der Waals surface area (Å²) in [7, 11) is 1.57. The van der Waals surface area contributed by atoms with Crippen molar-refractivity contribution in [2.75, 3.05) is 7.11 Å². The fourth-order valence-electron chi connectivity index (χ4n) is 2.27. The molecule has 194 valence electrons. The molecule has 2 rings (SSSR count). The maximum Gasteiger partial charge on any atom is 0.148 e. The van der Waals surface area contributed by atoms with Crippen molar-refractivity contribution >= 4 is 23.8 Å². The first-order chi connectivity index (χ1) is 16.9. The van der Waals surface area contributed by atoms with Crippen LogP contribution in [0.3, 0.4) is 0 Å². The standard InChI is InChI=1S/C15H15N3O2.C9H14.3C2H6/c1-10-8-14(15(20-3)9-13(10)16-2)18-17-11-4-6-12(19)7-5-11;1-4-6-8-9(3)7-5-2;3*1-2/h4-9,19H,2H2,1,3H3;4-8H,1-3H3;3*1-2H3/b;6-4-,7-5-,9-8-;;;. The molecule has 35 heavy (non-hydrogen) atoms. The highest BCUT2D eigenvalue weighted by Gasteiger charge is 2.06. The van der Waals surface area contributed by atoms with Crippen molar-refractivity contribution in [2.24, 2.45) is 15.2 Å². The van der Waals surface area contributed by atoms with Crippen molar-refractivity contribution in [1.82, 2.24) is 0 Å². The third kappa shape index (κ3) is 16.7. The highest BCUT2D eigenvalue weighted by atomic mass is 16.5. The van der Waals surface area contributed by atoms with Crippen LogP contribution in [0.4, 0.5) is 17.1 Å². The molecule has 0 aromatic heterocycles. The molecular weight excluding hydrogens is 434 g/mol. The van der Waals surface area contributed by atoms with Gasteiger partial charge in [0.15, 0.2) is 0 Å². The van der Waals surface area contributed by atoms with Crippen LogP contribution in [0.15, 0.2) is 87.6 Å². The van der Waals surface area contributed by atoms with Gasteiger partial charge in [0.1, 0.15) is 17.2 Å². The number of rotatable bonds is 6. The van der Waals surface area contributed by atoms with E-state index in [1.807, 2.05) is 86.6 Å². The van der Waals surface area contributed by atoms with E-state index < -0.39 is 0 Å². The van der Waals surface area contributed by atoms with Gasteiger partial charge in [-0.25, -0.2) is 0 Å². The number of allylic oxidation sites excluding steroid dienone is 6. The number of methoxy groups -OCH3 is 1. The zero-order valence-electron chi connectivity index (χ0n) is 23.8. The topological polar surface area (TPSA) is 66.5 Å². The Kier molecular flexibility index (Phi) is 26.0. The normalized spacial score (nSPS) is 10.2. The van der Waals surface area contributed by atoms with Gasteiger partial charge in [0.2, 0.25) is 0 Å². The first-order valence-corrected chi connectivity index (χ1v) is 12.2. The van der Waals surface area contributed by atoms with Crippen LogP contribution in [0.1, 0.15) is 67.9 Å². The van der Waals surface area contributed by atoms with Crippen molar-refractivity contribution < 1.29 is 9.84 Å². The number of hydrogen-bond donors (Lipinski definition) is 1. The van der Waals surface area contributed by atoms with E-state index in [-0.39, 0.29) is 5.75 Å². The number of azo groups is 1. The number of phenolic OH excluding ortho intramolecular Hbond substituents is 1. The van der Waals surface area contributed by atoms with E-state index in [0.29, 0.717) is 17.1 Å². The van der Waals surface area contributed by atoms with Gasteiger partial charge < -0.3 is 9.84 Å². The smallest absolute Gasteiger partial charge is 0.148 e. The molecule has 1 N–H and O–H groups in total. The summed E-state index contributed by atoms with van der Waals surface area (Å²) in [5.74, 6) is 0.777. The Balaban J connectivity index is -0.000000576. The van der Waals surface area contributed by atoms with Gasteiger partial charge in [0.25, 0.3) is 0 Å². The molecule has 0 amide bonds. The number of phenols is 1. The van der Waals surface area contributed by atoms with Crippen LogP contribution in [0.5, 0.6) is 11.5 Å². The Morgan fingerprint density at radius 2 is 1.46 bits per heavy atom. The lowest BCUT2D eigenvalue weighted by atomic mass is 10.1. The largest absolute Gasteiger partial charge is 0.508 e. The van der Waals surface area contributed by atoms with Crippen LogP contribution < -0.4 is 4.74 Å². The van der Waals surface area contributed by atoms with Gasteiger partial charge in [0, 0.05) is 6.07 Å². The molecule has 0 bridgehead atoms. The minimum atomic E-state index is 0.193. The number of hydrogen-bond acceptors (Lipinski definition) is 5. The highest BCUT2D eigenvalue weighted by Crippen LogP contribution is 2.35. The molecule has 5 heteroatoms. The molecule has 0 aliphatic rings. The molecule has 0 saturated carbocycles. The average molecular weight is 482 g/mol. The summed E-state index contributed by atoms with van der Waals surface area (Å²) in [5.41, 5.74) is 4.25. The fraction of sp³-hybridized carbons (Fsp3) is 0.367. The Bertz CT molecular complexity index is 910. The second kappa shape index (κ2) is 25.2. The van der Waals surface area contributed by atoms with Crippen molar-refractivity contribution in [3.05, 3.63) is 77.9 Å². The molecule has 0 radical (unpaired) electrons. The van der Waals surface area contributed by atoms with E-state index >= 15 is 0 Å². The van der Waals surface area contributed by atoms with Gasteiger partial charge in [-0.2, -0.15) is 5.11 Å². The summed E-state index contributed by atoms with van der Waals surface area (Å²) < 4.78 is 5.27. The summed E-state index contributed by atoms with van der Waals surface area (Å²) in [4.78, 5) is 3.92. The van der Waals surface area contributed by atoms with Crippen LogP contribution in [-0.2, 0) is 0 Å². The first-order valence-electron chi connectivity index (χ1n) is 12.2. The first kappa shape index (κ1) is 36.1. The number of aromatic hydroxyl groups is 1. The van der Waals surface area contributed by atoms with E-state index in [2.05, 4.69) is 41.0 Å². The molecule has 0 atom stereocenters. The van der Waals surface area contributed by atoms with Crippen molar-refractivity contribution in [1.29, 1.82) is 0 Å². The fourth-order valence-corrected chi connectivity index (χ4v) is 2.27. The number of nitrogens with zero attached hydrogens (tertiary/aromatic N) is 3. The van der Waals surface area contributed by atoms with E-state index in [4.69, 9.17) is 4.74 Å². The van der Waals surface area contributed by atoms with Gasteiger partial charge in [-0.05, 0) is 70.3 Å². The summed E-state index contributed by atoms with van der Waals surface area (Å²) in [6.07, 6.45) is 10.3. The number of ether oxygens (including phenoxy) is 1. The Morgan fingerprint density at radius 1 is 0.886 bits per heavy atom. The van der Waals surface area contributed by atoms with Crippen molar-refractivity contribution in [2.45, 2.75) is 69.2 Å². The molecule has 0 spiro atoms. The molecule has 0 aliphatic heterocycles. The van der Waals surface area contributed by atoms with Crippen molar-refractivity contribution in [3.63, 3.8) is 0 Å². The minimum Gasteiger partial charge on any atom is -0.508 e. The maximum absolute atomic E-state index is 9.21. The number of benzene rings is 2. The van der Waals surface area contributed by atoms with Crippen molar-refractivity contribution in [3.8, 4) is 11.5 Å². The second-order valence-electron chi connectivity index (χ2n) is 6.12. The molecule has 0 fully saturated rings. The molecule has 2 aromatic carbocycles. The molecule has 0 saturated heterocycles. The Hall–Kier alpha value is -3.47. The second-order valence-corrected chi connectivity index (χ2v) is 6.12. The summed E-state index contributed by atoms with van der Waals surface area (Å²) in [5, 5.41) is 17.5. The monoisotopic (exact) mass is 481 g/mol. The number of aliphatic imine (C=N–C) groups is 1. The van der Waals surface area contributed by atoms with Crippen LogP contribution in [0.2, 0.25) is 0 Å². The van der Waals surface area contributed by atoms with Gasteiger partial charge in [-0.3, -0.25) is 4.99 Å². The van der Waals surface area contributed by atoms with Crippen LogP contribution in [-0.4, -0.2) is 18.9 Å². The predicted molar refractivity (Wildman–Crippen MR) is 157 cm³/mol. The van der Waals surface area contributed by atoms with Gasteiger partial charge in [-0.1, -0.05) is 77.5 Å². The zero-order chi connectivity index (χ0) is 27.6. The van der Waals surface area contributed by atoms with E-state index in [9.17, 15) is 5.11 Å². The van der Waals surface area contributed by atoms with E-state index in [1.165, 1.54) is 5.57 Å². The van der Waals surface area contributed by atoms with Crippen LogP contribution >= 0.6 is 0 Å². The molecule has 2 aromatic rings. The lowest BCUT2D eigenvalue weighted by Crippen LogP contribution is -1.85. The third-order valence-electron chi connectivity index (χ3n) is 3.77. The third-order valence-corrected chi connectivity index (χ3v) is 3.77. The van der Waals surface area contributed by atoms with E-state index in [0.717, 1.165) is 11.3 Å². The highest BCUT2D eigenvalue weighted by molar-refractivity contribution is 5.64. The van der Waals surface area contributed by atoms with Crippen LogP contribution in [0.25, 0.3) is 0 Å². The minimum absolute atomic E-state index is 0.193. The Labute approximate surface area is 214 Å². The predicted octanol–water partition coefficient (Wildman–Crippen LogP) is 10.6. The lowest BCUT2D eigenvalue weighted by molar-refractivity contribution is 0.416. The lowest BCUT2D eigenvalue weighted by Gasteiger charge is -2.07. The summed E-state index contributed by atoms with van der Waals surface area (Å²) in [6.45, 7) is 23.6. The summed E-state index contributed by atoms with van der Waals surface area (Å²) in [6, 6.07) is 10.1. The molecule has 5 nitrogen and oxygen atoms in total. The van der Waals surface area contributed by atoms with Gasteiger partial charge in [-0.15, -0.1) is 5.11 Å². The molecule has 0 heterocycles. The molecule has 0 unspecified atom stereocenters. The van der Waals surface area contributed by atoms with Crippen LogP contribution in [0, 0.1) is 6.92 Å². The maximum atomic E-state index is 9.21.